The highest BCUT2D eigenvalue weighted by Gasteiger charge is 2.47. The third kappa shape index (κ3) is 2.03. The maximum absolute atomic E-state index is 2.51. The van der Waals surface area contributed by atoms with Crippen molar-refractivity contribution in [1.29, 1.82) is 0 Å². The van der Waals surface area contributed by atoms with E-state index in [0.717, 1.165) is 6.54 Å². The van der Waals surface area contributed by atoms with Crippen LogP contribution >= 0.6 is 7.53 Å². The van der Waals surface area contributed by atoms with Crippen molar-refractivity contribution in [3.63, 3.8) is 0 Å². The van der Waals surface area contributed by atoms with Crippen LogP contribution in [0.1, 0.15) is 27.8 Å². The van der Waals surface area contributed by atoms with Crippen LogP contribution in [0, 0.1) is 0 Å². The van der Waals surface area contributed by atoms with Gasteiger partial charge in [0.1, 0.15) is 0 Å². The minimum atomic E-state index is -0.553. The Morgan fingerprint density at radius 3 is 2.03 bits per heavy atom. The molecule has 0 spiro atoms. The molecule has 33 heavy (non-hydrogen) atoms. The first kappa shape index (κ1) is 17.8. The zero-order valence-electron chi connectivity index (χ0n) is 18.1. The Balaban J connectivity index is 1.71. The van der Waals surface area contributed by atoms with Gasteiger partial charge in [-0.05, 0) is 35.9 Å². The normalized spacial score (nSPS) is 15.3. The van der Waals surface area contributed by atoms with Gasteiger partial charge in [0.15, 0.2) is 12.7 Å². The van der Waals surface area contributed by atoms with Gasteiger partial charge >= 0.3 is 0 Å². The molecule has 1 atom stereocenters. The Morgan fingerprint density at radius 2 is 1.27 bits per heavy atom. The van der Waals surface area contributed by atoms with E-state index >= 15 is 0 Å². The van der Waals surface area contributed by atoms with Crippen LogP contribution in [0.4, 0.5) is 0 Å². The Labute approximate surface area is 193 Å². The summed E-state index contributed by atoms with van der Waals surface area (Å²) in [6.45, 7) is 0.953. The van der Waals surface area contributed by atoms with Gasteiger partial charge in [0.05, 0.1) is 10.8 Å². The second-order valence-corrected chi connectivity index (χ2v) is 11.2. The maximum atomic E-state index is 2.51. The van der Waals surface area contributed by atoms with E-state index in [1.54, 1.807) is 10.4 Å². The average molecular weight is 438 g/mol. The minimum absolute atomic E-state index is 0.317. The molecule has 2 aliphatic rings. The standard InChI is InChI=1S/C31H21NP/c1-3-11-22(12-4-1)31(23-13-5-2-6-14-23)26-17-7-10-21-20-32-19-9-16-25-24-15-8-18-27(31)29(24)33(28(21)26)30(25)32/h1-19H,20H2/q+1. The van der Waals surface area contributed by atoms with Gasteiger partial charge in [-0.2, -0.15) is 4.57 Å². The highest BCUT2D eigenvalue weighted by molar-refractivity contribution is 7.68. The summed E-state index contributed by atoms with van der Waals surface area (Å²) in [6.07, 6.45) is 2.28. The molecule has 4 aromatic carbocycles. The van der Waals surface area contributed by atoms with Crippen LogP contribution in [-0.4, -0.2) is 0 Å². The fraction of sp³-hybridized carbons (Fsp3) is 0.0645. The molecule has 2 heteroatoms. The molecule has 0 N–H and O–H groups in total. The van der Waals surface area contributed by atoms with E-state index in [1.165, 1.54) is 43.8 Å². The molecule has 0 radical (unpaired) electrons. The van der Waals surface area contributed by atoms with Gasteiger partial charge in [-0.1, -0.05) is 97.1 Å². The number of rotatable bonds is 2. The monoisotopic (exact) mass is 438 g/mol. The number of aromatic nitrogens is 1. The number of fused-ring (bicyclic) bond motifs is 1. The first-order chi connectivity index (χ1) is 16.4. The van der Waals surface area contributed by atoms with Crippen molar-refractivity contribution in [3.8, 4) is 5.30 Å². The molecule has 1 nitrogen and oxygen atoms in total. The highest BCUT2D eigenvalue weighted by Crippen LogP contribution is 2.67. The minimum Gasteiger partial charge on any atom is -0.190 e. The zero-order valence-corrected chi connectivity index (χ0v) is 19.0. The van der Waals surface area contributed by atoms with Crippen molar-refractivity contribution in [2.24, 2.45) is 0 Å². The molecule has 0 amide bonds. The van der Waals surface area contributed by atoms with Gasteiger partial charge in [0.2, 0.25) is 5.25 Å². The molecular weight excluding hydrogens is 417 g/mol. The topological polar surface area (TPSA) is 3.88 Å². The van der Waals surface area contributed by atoms with Crippen LogP contribution < -0.4 is 4.57 Å². The van der Waals surface area contributed by atoms with E-state index in [-0.39, 0.29) is 5.41 Å². The van der Waals surface area contributed by atoms with Crippen LogP contribution in [0.15, 0.2) is 115 Å². The highest BCUT2D eigenvalue weighted by atomic mass is 31.1. The fourth-order valence-electron chi connectivity index (χ4n) is 6.54. The van der Waals surface area contributed by atoms with Gasteiger partial charge in [0, 0.05) is 27.4 Å². The number of nitrogens with zero attached hydrogens (tertiary/aromatic N) is 1. The second kappa shape index (κ2) is 6.22. The fourth-order valence-corrected chi connectivity index (χ4v) is 9.85. The molecule has 0 fully saturated rings. The van der Waals surface area contributed by atoms with Crippen molar-refractivity contribution >= 4 is 28.7 Å². The van der Waals surface area contributed by atoms with Gasteiger partial charge in [0.25, 0.3) is 0 Å². The van der Waals surface area contributed by atoms with Gasteiger partial charge in [-0.25, -0.2) is 0 Å². The number of hydrogen-bond donors (Lipinski definition) is 0. The maximum Gasteiger partial charge on any atom is 0.235 e. The van der Waals surface area contributed by atoms with E-state index in [1.807, 2.05) is 0 Å². The SMILES string of the molecule is c1ccc(C2(c3ccccc3)c3cccc4c3-p3c5c2cccc5c2ccc[n+](c23)C4)cc1. The quantitative estimate of drug-likeness (QED) is 0.249. The number of hydrogen-bond acceptors (Lipinski definition) is 0. The lowest BCUT2D eigenvalue weighted by molar-refractivity contribution is -0.660. The van der Waals surface area contributed by atoms with E-state index in [2.05, 4.69) is 120 Å². The summed E-state index contributed by atoms with van der Waals surface area (Å²) in [7, 11) is -0.553. The summed E-state index contributed by atoms with van der Waals surface area (Å²) in [5.74, 6) is 0. The van der Waals surface area contributed by atoms with Crippen LogP contribution in [0.3, 0.4) is 0 Å². The van der Waals surface area contributed by atoms with E-state index in [4.69, 9.17) is 0 Å². The summed E-state index contributed by atoms with van der Waals surface area (Å²) in [5.41, 5.74) is 6.78. The molecule has 154 valence electrons. The van der Waals surface area contributed by atoms with Crippen LogP contribution in [0.5, 0.6) is 0 Å². The van der Waals surface area contributed by atoms with Crippen molar-refractivity contribution in [2.45, 2.75) is 12.0 Å². The summed E-state index contributed by atoms with van der Waals surface area (Å²) >= 11 is 0. The molecular formula is C31H21NP+. The van der Waals surface area contributed by atoms with Crippen LogP contribution in [0.2, 0.25) is 0 Å². The summed E-state index contributed by atoms with van der Waals surface area (Å²) in [6, 6.07) is 41.0. The largest absolute Gasteiger partial charge is 0.235 e. The Morgan fingerprint density at radius 1 is 0.606 bits per heavy atom. The molecule has 1 unspecified atom stereocenters. The van der Waals surface area contributed by atoms with Crippen molar-refractivity contribution in [2.75, 3.05) is 0 Å². The van der Waals surface area contributed by atoms with Crippen molar-refractivity contribution in [3.05, 3.63) is 143 Å². The summed E-state index contributed by atoms with van der Waals surface area (Å²) in [4.78, 5) is 0. The van der Waals surface area contributed by atoms with Crippen molar-refractivity contribution in [1.82, 2.24) is 0 Å². The lowest BCUT2D eigenvalue weighted by Gasteiger charge is -2.42. The lowest BCUT2D eigenvalue weighted by Crippen LogP contribution is -2.38. The smallest absolute Gasteiger partial charge is 0.190 e. The Kier molecular flexibility index (Phi) is 3.36. The molecule has 2 aliphatic heterocycles. The van der Waals surface area contributed by atoms with E-state index < -0.39 is 7.53 Å². The van der Waals surface area contributed by atoms with Crippen molar-refractivity contribution < 1.29 is 4.57 Å². The number of benzene rings is 4. The van der Waals surface area contributed by atoms with Gasteiger partial charge in [-0.15, -0.1) is 0 Å². The Bertz CT molecular complexity index is 1690. The molecule has 8 rings (SSSR count). The summed E-state index contributed by atoms with van der Waals surface area (Å²) in [5, 5.41) is 7.55. The van der Waals surface area contributed by atoms with Crippen LogP contribution in [-0.2, 0) is 12.0 Å². The molecule has 6 aromatic rings. The average Bonchev–Trinajstić information content (AvgIpc) is 3.23. The van der Waals surface area contributed by atoms with E-state index in [9.17, 15) is 0 Å². The number of pyridine rings is 1. The molecule has 0 saturated heterocycles. The zero-order chi connectivity index (χ0) is 21.6. The summed E-state index contributed by atoms with van der Waals surface area (Å²) < 4.78 is 2.51. The molecule has 0 aliphatic carbocycles. The first-order valence-corrected chi connectivity index (χ1v) is 12.9. The predicted octanol–water partition coefficient (Wildman–Crippen LogP) is 7.31. The van der Waals surface area contributed by atoms with E-state index in [0.29, 0.717) is 0 Å². The third-order valence-corrected chi connectivity index (χ3v) is 10.5. The third-order valence-electron chi connectivity index (χ3n) is 7.71. The molecule has 0 saturated carbocycles. The van der Waals surface area contributed by atoms with Crippen LogP contribution in [0.25, 0.3) is 26.4 Å². The lowest BCUT2D eigenvalue weighted by atomic mass is 9.64. The molecule has 0 bridgehead atoms. The Hall–Kier alpha value is -3.67. The van der Waals surface area contributed by atoms with Gasteiger partial charge < -0.3 is 0 Å². The van der Waals surface area contributed by atoms with Gasteiger partial charge in [-0.3, -0.25) is 0 Å². The molecule has 4 heterocycles. The predicted molar refractivity (Wildman–Crippen MR) is 137 cm³/mol. The first-order valence-electron chi connectivity index (χ1n) is 11.6. The molecule has 2 aromatic heterocycles. The second-order valence-electron chi connectivity index (χ2n) is 9.21.